The van der Waals surface area contributed by atoms with Crippen LogP contribution in [-0.4, -0.2) is 3.79 Å². The van der Waals surface area contributed by atoms with Crippen LogP contribution in [0, 0.1) is 17.8 Å². The summed E-state index contributed by atoms with van der Waals surface area (Å²) in [7, 11) is 0. The summed E-state index contributed by atoms with van der Waals surface area (Å²) < 4.78 is -1.01. The largest absolute Gasteiger partial charge is 0.193 e. The van der Waals surface area contributed by atoms with Gasteiger partial charge in [0.25, 0.3) is 0 Å². The molecule has 0 nitrogen and oxygen atoms in total. The fourth-order valence-corrected chi connectivity index (χ4v) is 3.78. The molecule has 0 spiro atoms. The van der Waals surface area contributed by atoms with Crippen molar-refractivity contribution in [1.29, 1.82) is 0 Å². The van der Waals surface area contributed by atoms with Crippen molar-refractivity contribution in [2.24, 2.45) is 17.8 Å². The zero-order valence-corrected chi connectivity index (χ0v) is 9.17. The van der Waals surface area contributed by atoms with Gasteiger partial charge in [-0.25, -0.2) is 0 Å². The highest BCUT2D eigenvalue weighted by Gasteiger charge is 2.47. The van der Waals surface area contributed by atoms with Crippen LogP contribution in [0.25, 0.3) is 0 Å². The molecule has 3 atom stereocenters. The predicted octanol–water partition coefficient (Wildman–Crippen LogP) is 4.18. The Morgan fingerprint density at radius 2 is 1.67 bits per heavy atom. The molecule has 0 amide bonds. The molecule has 0 aliphatic heterocycles. The second-order valence-corrected chi connectivity index (χ2v) is 6.45. The first-order valence-electron chi connectivity index (χ1n) is 4.66. The molecular weight excluding hydrogens is 214 g/mol. The molecule has 0 N–H and O–H groups in total. The molecule has 0 aromatic carbocycles. The van der Waals surface area contributed by atoms with E-state index in [1.54, 1.807) is 0 Å². The average Bonchev–Trinajstić information content (AvgIpc) is 2.37. The van der Waals surface area contributed by atoms with Crippen LogP contribution in [0.15, 0.2) is 0 Å². The van der Waals surface area contributed by atoms with Crippen molar-refractivity contribution >= 4 is 34.8 Å². The molecule has 0 bridgehead atoms. The van der Waals surface area contributed by atoms with Crippen molar-refractivity contribution in [1.82, 2.24) is 0 Å². The summed E-state index contributed by atoms with van der Waals surface area (Å²) in [6, 6.07) is 0. The third-order valence-corrected chi connectivity index (χ3v) is 4.34. The lowest BCUT2D eigenvalue weighted by atomic mass is 9.93. The zero-order chi connectivity index (χ0) is 8.77. The number of halogens is 3. The van der Waals surface area contributed by atoms with E-state index < -0.39 is 3.79 Å². The SMILES string of the molecule is ClC(Cl)(Cl)[C@@H]1CC[C@@H]2CCC[C@H]21. The first-order valence-corrected chi connectivity index (χ1v) is 5.79. The topological polar surface area (TPSA) is 0 Å². The minimum absolute atomic E-state index is 0.329. The monoisotopic (exact) mass is 226 g/mol. The quantitative estimate of drug-likeness (QED) is 0.545. The summed E-state index contributed by atoms with van der Waals surface area (Å²) in [5.74, 6) is 1.90. The van der Waals surface area contributed by atoms with E-state index in [1.165, 1.54) is 25.7 Å². The summed E-state index contributed by atoms with van der Waals surface area (Å²) in [6.07, 6.45) is 6.38. The number of hydrogen-bond donors (Lipinski definition) is 0. The highest BCUT2D eigenvalue weighted by molar-refractivity contribution is 6.67. The van der Waals surface area contributed by atoms with E-state index in [0.717, 1.165) is 12.3 Å². The maximum atomic E-state index is 5.94. The first kappa shape index (κ1) is 9.43. The minimum Gasteiger partial charge on any atom is -0.0834 e. The molecule has 3 heteroatoms. The van der Waals surface area contributed by atoms with E-state index in [2.05, 4.69) is 0 Å². The third-order valence-electron chi connectivity index (χ3n) is 3.50. The lowest BCUT2D eigenvalue weighted by Crippen LogP contribution is -2.23. The van der Waals surface area contributed by atoms with Crippen LogP contribution in [-0.2, 0) is 0 Å². The Morgan fingerprint density at radius 3 is 2.33 bits per heavy atom. The molecule has 2 aliphatic rings. The molecule has 2 fully saturated rings. The molecule has 0 heterocycles. The van der Waals surface area contributed by atoms with Gasteiger partial charge in [0.2, 0.25) is 0 Å². The van der Waals surface area contributed by atoms with Crippen molar-refractivity contribution < 1.29 is 0 Å². The highest BCUT2D eigenvalue weighted by Crippen LogP contribution is 2.55. The Balaban J connectivity index is 2.09. The molecule has 2 saturated carbocycles. The fraction of sp³-hybridized carbons (Fsp3) is 1.00. The summed E-state index contributed by atoms with van der Waals surface area (Å²) in [6.45, 7) is 0. The Kier molecular flexibility index (Phi) is 2.53. The molecule has 0 saturated heterocycles. The molecule has 2 aliphatic carbocycles. The minimum atomic E-state index is -1.01. The molecular formula is C9H13Cl3. The van der Waals surface area contributed by atoms with Gasteiger partial charge >= 0.3 is 0 Å². The lowest BCUT2D eigenvalue weighted by molar-refractivity contribution is 0.357. The highest BCUT2D eigenvalue weighted by atomic mass is 35.6. The molecule has 12 heavy (non-hydrogen) atoms. The molecule has 70 valence electrons. The van der Waals surface area contributed by atoms with Crippen LogP contribution < -0.4 is 0 Å². The summed E-state index contributed by atoms with van der Waals surface area (Å²) in [4.78, 5) is 0. The van der Waals surface area contributed by atoms with Crippen LogP contribution in [0.1, 0.15) is 32.1 Å². The van der Waals surface area contributed by atoms with Crippen molar-refractivity contribution in [2.45, 2.75) is 35.9 Å². The number of alkyl halides is 3. The van der Waals surface area contributed by atoms with Crippen LogP contribution in [0.5, 0.6) is 0 Å². The average molecular weight is 228 g/mol. The van der Waals surface area contributed by atoms with E-state index in [0.29, 0.717) is 11.8 Å². The van der Waals surface area contributed by atoms with Gasteiger partial charge in [0.05, 0.1) is 0 Å². The van der Waals surface area contributed by atoms with Gasteiger partial charge in [0.15, 0.2) is 3.79 Å². The number of hydrogen-bond acceptors (Lipinski definition) is 0. The van der Waals surface area contributed by atoms with Crippen molar-refractivity contribution in [2.75, 3.05) is 0 Å². The van der Waals surface area contributed by atoms with E-state index in [9.17, 15) is 0 Å². The second kappa shape index (κ2) is 3.22. The molecule has 0 aromatic heterocycles. The number of rotatable bonds is 0. The Hall–Kier alpha value is 0.870. The second-order valence-electron chi connectivity index (χ2n) is 4.08. The van der Waals surface area contributed by atoms with E-state index in [-0.39, 0.29) is 0 Å². The normalized spacial score (nSPS) is 41.8. The van der Waals surface area contributed by atoms with Gasteiger partial charge in [-0.3, -0.25) is 0 Å². The van der Waals surface area contributed by atoms with E-state index >= 15 is 0 Å². The van der Waals surface area contributed by atoms with Crippen LogP contribution in [0.2, 0.25) is 0 Å². The molecule has 0 unspecified atom stereocenters. The maximum absolute atomic E-state index is 5.94. The smallest absolute Gasteiger partial charge is 0.0834 e. The van der Waals surface area contributed by atoms with Gasteiger partial charge in [0, 0.05) is 5.92 Å². The van der Waals surface area contributed by atoms with Crippen LogP contribution >= 0.6 is 34.8 Å². The standard InChI is InChI=1S/C9H13Cl3/c10-9(11,12)8-5-4-6-2-1-3-7(6)8/h6-8H,1-5H2/t6-,7+,8+/m0/s1. The van der Waals surface area contributed by atoms with Gasteiger partial charge in [0.1, 0.15) is 0 Å². The summed E-state index contributed by atoms with van der Waals surface area (Å²) in [5.41, 5.74) is 0. The van der Waals surface area contributed by atoms with Crippen molar-refractivity contribution in [3.8, 4) is 0 Å². The van der Waals surface area contributed by atoms with Crippen LogP contribution in [0.4, 0.5) is 0 Å². The van der Waals surface area contributed by atoms with Gasteiger partial charge in [-0.05, 0) is 31.1 Å². The van der Waals surface area contributed by atoms with Crippen molar-refractivity contribution in [3.63, 3.8) is 0 Å². The fourth-order valence-electron chi connectivity index (χ4n) is 2.97. The maximum Gasteiger partial charge on any atom is 0.193 e. The lowest BCUT2D eigenvalue weighted by Gasteiger charge is -2.25. The predicted molar refractivity (Wildman–Crippen MR) is 53.8 cm³/mol. The number of fused-ring (bicyclic) bond motifs is 1. The van der Waals surface area contributed by atoms with Gasteiger partial charge in [-0.1, -0.05) is 47.6 Å². The van der Waals surface area contributed by atoms with Crippen molar-refractivity contribution in [3.05, 3.63) is 0 Å². The van der Waals surface area contributed by atoms with E-state index in [1.807, 2.05) is 0 Å². The summed E-state index contributed by atoms with van der Waals surface area (Å²) >= 11 is 17.8. The first-order chi connectivity index (χ1) is 5.59. The Morgan fingerprint density at radius 1 is 0.917 bits per heavy atom. The molecule has 2 rings (SSSR count). The Bertz CT molecular complexity index is 173. The van der Waals surface area contributed by atoms with Crippen LogP contribution in [0.3, 0.4) is 0 Å². The Labute approximate surface area is 88.6 Å². The zero-order valence-electron chi connectivity index (χ0n) is 6.90. The van der Waals surface area contributed by atoms with Gasteiger partial charge in [-0.2, -0.15) is 0 Å². The molecule has 0 aromatic rings. The van der Waals surface area contributed by atoms with Gasteiger partial charge in [-0.15, -0.1) is 0 Å². The third kappa shape index (κ3) is 1.58. The van der Waals surface area contributed by atoms with E-state index in [4.69, 9.17) is 34.8 Å². The molecule has 0 radical (unpaired) electrons. The van der Waals surface area contributed by atoms with Gasteiger partial charge < -0.3 is 0 Å². The summed E-state index contributed by atoms with van der Waals surface area (Å²) in [5, 5.41) is 0.